The van der Waals surface area contributed by atoms with Gasteiger partial charge < -0.3 is 4.74 Å². The molecule has 1 fully saturated rings. The largest absolute Gasteiger partial charge is 0.349 e. The Morgan fingerprint density at radius 2 is 2.09 bits per heavy atom. The van der Waals surface area contributed by atoms with Crippen molar-refractivity contribution in [3.8, 4) is 0 Å². The smallest absolute Gasteiger partial charge is 0.176 e. The molecule has 3 atom stereocenters. The van der Waals surface area contributed by atoms with Gasteiger partial charge in [-0.2, -0.15) is 0 Å². The quantitative estimate of drug-likeness (QED) is 0.608. The molecule has 0 aromatic rings. The van der Waals surface area contributed by atoms with Gasteiger partial charge in [0.05, 0.1) is 6.10 Å². The Morgan fingerprint density at radius 3 is 2.27 bits per heavy atom. The zero-order chi connectivity index (χ0) is 8.65. The van der Waals surface area contributed by atoms with Crippen LogP contribution in [0.1, 0.15) is 27.7 Å². The van der Waals surface area contributed by atoms with E-state index >= 15 is 0 Å². The molecule has 3 heteroatoms. The van der Waals surface area contributed by atoms with Gasteiger partial charge in [0.1, 0.15) is 0 Å². The van der Waals surface area contributed by atoms with E-state index in [1.54, 1.807) is 6.92 Å². The van der Waals surface area contributed by atoms with E-state index in [0.717, 1.165) is 0 Å². The van der Waals surface area contributed by atoms with Gasteiger partial charge in [-0.1, -0.05) is 0 Å². The van der Waals surface area contributed by atoms with Crippen LogP contribution in [0.4, 0.5) is 0 Å². The van der Waals surface area contributed by atoms with Gasteiger partial charge in [0.25, 0.3) is 0 Å². The number of Topliss-reactive ketones (excluding diaryl/α,β-unsaturated/α-hetero) is 1. The van der Waals surface area contributed by atoms with Crippen LogP contribution in [0.15, 0.2) is 0 Å². The Balaban J connectivity index is 2.71. The maximum atomic E-state index is 11.1. The molecule has 0 amide bonds. The molecule has 1 rings (SSSR count). The van der Waals surface area contributed by atoms with Crippen molar-refractivity contribution >= 4 is 5.78 Å². The number of ketones is 1. The summed E-state index contributed by atoms with van der Waals surface area (Å²) in [4.78, 5) is 11.1. The summed E-state index contributed by atoms with van der Waals surface area (Å²) < 4.78 is 5.46. The van der Waals surface area contributed by atoms with E-state index in [9.17, 15) is 4.79 Å². The lowest BCUT2D eigenvalue weighted by Gasteiger charge is -2.20. The molecule has 1 N–H and O–H groups in total. The van der Waals surface area contributed by atoms with Crippen LogP contribution in [0, 0.1) is 0 Å². The molecule has 0 radical (unpaired) electrons. The van der Waals surface area contributed by atoms with Crippen LogP contribution in [0.25, 0.3) is 0 Å². The Morgan fingerprint density at radius 1 is 1.55 bits per heavy atom. The van der Waals surface area contributed by atoms with Crippen molar-refractivity contribution < 1.29 is 9.53 Å². The summed E-state index contributed by atoms with van der Waals surface area (Å²) in [5.74, 6) is 0.0358. The molecule has 0 aliphatic carbocycles. The Bertz CT molecular complexity index is 169. The van der Waals surface area contributed by atoms with Crippen LogP contribution in [0.2, 0.25) is 0 Å². The second-order valence-corrected chi connectivity index (χ2v) is 3.35. The van der Waals surface area contributed by atoms with E-state index in [4.69, 9.17) is 4.74 Å². The number of hydrogen-bond acceptors (Lipinski definition) is 3. The molecule has 0 aromatic carbocycles. The molecule has 64 valence electrons. The zero-order valence-electron chi connectivity index (χ0n) is 7.47. The predicted molar refractivity (Wildman–Crippen MR) is 42.2 cm³/mol. The van der Waals surface area contributed by atoms with Crippen LogP contribution in [-0.2, 0) is 9.53 Å². The highest BCUT2D eigenvalue weighted by molar-refractivity contribution is 5.84. The molecule has 1 saturated heterocycles. The molecular weight excluding hydrogens is 142 g/mol. The fraction of sp³-hybridized carbons (Fsp3) is 0.875. The topological polar surface area (TPSA) is 38.3 Å². The molecule has 3 nitrogen and oxygen atoms in total. The molecule has 0 saturated carbocycles. The molecule has 0 bridgehead atoms. The van der Waals surface area contributed by atoms with Crippen LogP contribution in [0.5, 0.6) is 0 Å². The Kier molecular flexibility index (Phi) is 2.03. The number of carbonyl (C=O) groups is 1. The van der Waals surface area contributed by atoms with Crippen molar-refractivity contribution in [3.05, 3.63) is 0 Å². The van der Waals surface area contributed by atoms with E-state index in [1.165, 1.54) is 6.92 Å². The number of carbonyl (C=O) groups excluding carboxylic acids is 1. The van der Waals surface area contributed by atoms with Gasteiger partial charge in [0.2, 0.25) is 0 Å². The summed E-state index contributed by atoms with van der Waals surface area (Å²) >= 11 is 0. The van der Waals surface area contributed by atoms with E-state index in [2.05, 4.69) is 5.32 Å². The fourth-order valence-corrected chi connectivity index (χ4v) is 1.24. The minimum Gasteiger partial charge on any atom is -0.349 e. The van der Waals surface area contributed by atoms with Crippen LogP contribution >= 0.6 is 0 Å². The fourth-order valence-electron chi connectivity index (χ4n) is 1.24. The van der Waals surface area contributed by atoms with E-state index in [0.29, 0.717) is 0 Å². The van der Waals surface area contributed by atoms with E-state index in [-0.39, 0.29) is 17.9 Å². The van der Waals surface area contributed by atoms with Crippen LogP contribution < -0.4 is 5.32 Å². The van der Waals surface area contributed by atoms with Crippen molar-refractivity contribution in [3.63, 3.8) is 0 Å². The second kappa shape index (κ2) is 2.57. The Labute approximate surface area is 67.1 Å². The third-order valence-corrected chi connectivity index (χ3v) is 2.30. The summed E-state index contributed by atoms with van der Waals surface area (Å²) in [6.45, 7) is 7.29. The number of nitrogens with one attached hydrogen (secondary N) is 1. The molecule has 0 aromatic heterocycles. The lowest BCUT2D eigenvalue weighted by molar-refractivity contribution is -0.140. The minimum absolute atomic E-state index is 0.0358. The molecule has 11 heavy (non-hydrogen) atoms. The third kappa shape index (κ3) is 1.44. The van der Waals surface area contributed by atoms with Gasteiger partial charge in [-0.15, -0.1) is 0 Å². The normalized spacial score (nSPS) is 44.4. The molecule has 0 spiro atoms. The third-order valence-electron chi connectivity index (χ3n) is 2.30. The molecular formula is C8H15NO2. The van der Waals surface area contributed by atoms with Gasteiger partial charge in [-0.25, -0.2) is 0 Å². The highest BCUT2D eigenvalue weighted by Gasteiger charge is 2.41. The standard InChI is InChI=1S/C8H15NO2/c1-5-6(2)11-8(4,9-5)7(3)10/h5-6,9H,1-4H3. The SMILES string of the molecule is CC(=O)C1(C)NC(C)C(C)O1. The first-order chi connectivity index (χ1) is 4.96. The van der Waals surface area contributed by atoms with Gasteiger partial charge in [0, 0.05) is 6.04 Å². The van der Waals surface area contributed by atoms with Gasteiger partial charge in [-0.3, -0.25) is 10.1 Å². The first-order valence-corrected chi connectivity index (χ1v) is 3.92. The van der Waals surface area contributed by atoms with Crippen molar-refractivity contribution in [1.82, 2.24) is 5.32 Å². The molecule has 3 unspecified atom stereocenters. The van der Waals surface area contributed by atoms with Gasteiger partial charge in [0.15, 0.2) is 11.5 Å². The molecule has 1 aliphatic rings. The highest BCUT2D eigenvalue weighted by Crippen LogP contribution is 2.21. The molecule has 1 aliphatic heterocycles. The summed E-state index contributed by atoms with van der Waals surface area (Å²) in [7, 11) is 0. The van der Waals surface area contributed by atoms with Crippen molar-refractivity contribution in [1.29, 1.82) is 0 Å². The lowest BCUT2D eigenvalue weighted by Crippen LogP contribution is -2.46. The monoisotopic (exact) mass is 157 g/mol. The second-order valence-electron chi connectivity index (χ2n) is 3.35. The van der Waals surface area contributed by atoms with Gasteiger partial charge in [-0.05, 0) is 27.7 Å². The Hall–Kier alpha value is -0.410. The predicted octanol–water partition coefficient (Wildman–Crippen LogP) is 0.688. The summed E-state index contributed by atoms with van der Waals surface area (Å²) in [5, 5.41) is 3.11. The van der Waals surface area contributed by atoms with E-state index < -0.39 is 5.72 Å². The first-order valence-electron chi connectivity index (χ1n) is 3.92. The average molecular weight is 157 g/mol. The molecule has 1 heterocycles. The van der Waals surface area contributed by atoms with Crippen molar-refractivity contribution in [2.45, 2.75) is 45.6 Å². The minimum atomic E-state index is -0.751. The number of ether oxygens (including phenoxy) is 1. The number of rotatable bonds is 1. The van der Waals surface area contributed by atoms with Crippen molar-refractivity contribution in [2.24, 2.45) is 0 Å². The van der Waals surface area contributed by atoms with Gasteiger partial charge >= 0.3 is 0 Å². The maximum Gasteiger partial charge on any atom is 0.176 e. The van der Waals surface area contributed by atoms with Crippen LogP contribution in [-0.4, -0.2) is 23.7 Å². The lowest BCUT2D eigenvalue weighted by atomic mass is 10.2. The van der Waals surface area contributed by atoms with Crippen LogP contribution in [0.3, 0.4) is 0 Å². The van der Waals surface area contributed by atoms with E-state index in [1.807, 2.05) is 13.8 Å². The summed E-state index contributed by atoms with van der Waals surface area (Å²) in [6.07, 6.45) is 0.115. The van der Waals surface area contributed by atoms with Crippen molar-refractivity contribution in [2.75, 3.05) is 0 Å². The zero-order valence-corrected chi connectivity index (χ0v) is 7.47. The summed E-state index contributed by atoms with van der Waals surface area (Å²) in [6, 6.07) is 0.254. The maximum absolute atomic E-state index is 11.1. The first kappa shape index (κ1) is 8.68. The number of hydrogen-bond donors (Lipinski definition) is 1. The highest BCUT2D eigenvalue weighted by atomic mass is 16.5. The average Bonchev–Trinajstić information content (AvgIpc) is 2.09. The summed E-state index contributed by atoms with van der Waals surface area (Å²) in [5.41, 5.74) is -0.751.